The third kappa shape index (κ3) is 5.00. The molecule has 1 aliphatic rings. The lowest BCUT2D eigenvalue weighted by atomic mass is 9.89. The molecule has 0 unspecified atom stereocenters. The van der Waals surface area contributed by atoms with E-state index in [0.29, 0.717) is 18.9 Å². The quantitative estimate of drug-likeness (QED) is 0.780. The molecule has 1 saturated heterocycles. The Balaban J connectivity index is 1.68. The first-order chi connectivity index (χ1) is 13.6. The highest BCUT2D eigenvalue weighted by molar-refractivity contribution is 5.93. The number of hydrogen-bond acceptors (Lipinski definition) is 3. The van der Waals surface area contributed by atoms with Gasteiger partial charge in [0.05, 0.1) is 6.10 Å². The number of hydrogen-bond donors (Lipinski definition) is 1. The topological polar surface area (TPSA) is 43.8 Å². The zero-order valence-electron chi connectivity index (χ0n) is 17.0. The summed E-state index contributed by atoms with van der Waals surface area (Å²) in [7, 11) is 0. The summed E-state index contributed by atoms with van der Waals surface area (Å²) in [6.45, 7) is 6.64. The van der Waals surface area contributed by atoms with Crippen LogP contribution in [-0.2, 0) is 4.79 Å². The van der Waals surface area contributed by atoms with Crippen LogP contribution in [0.5, 0.6) is 0 Å². The second-order valence-electron chi connectivity index (χ2n) is 7.78. The lowest BCUT2D eigenvalue weighted by Gasteiger charge is -2.41. The zero-order chi connectivity index (χ0) is 19.9. The number of aliphatic hydroxyl groups excluding tert-OH is 1. The Hall–Kier alpha value is -2.17. The molecule has 1 N–H and O–H groups in total. The number of piperidine rings is 1. The van der Waals surface area contributed by atoms with Crippen molar-refractivity contribution in [2.75, 3.05) is 24.5 Å². The Morgan fingerprint density at radius 2 is 1.79 bits per heavy atom. The molecule has 0 bridgehead atoms. The standard InChI is InChI=1S/C24H32N2O2/c1-3-24(28)26(22-14-8-5-9-15-22)19(2)21-13-10-16-25(17-21)18-23(27)20-11-6-4-7-12-20/h4-9,11-12,14-15,19,21,23,27H,3,10,13,16-18H2,1-2H3/t19-,21-,23+/m1/s1. The van der Waals surface area contributed by atoms with E-state index in [-0.39, 0.29) is 11.9 Å². The summed E-state index contributed by atoms with van der Waals surface area (Å²) in [6, 6.07) is 20.0. The predicted octanol–water partition coefficient (Wildman–Crippen LogP) is 4.26. The molecule has 0 radical (unpaired) electrons. The SMILES string of the molecule is CCC(=O)N(c1ccccc1)[C@H](C)[C@@H]1CCCN(C[C@H](O)c2ccccc2)C1. The third-order valence-corrected chi connectivity index (χ3v) is 5.85. The van der Waals surface area contributed by atoms with Crippen LogP contribution in [0, 0.1) is 5.92 Å². The summed E-state index contributed by atoms with van der Waals surface area (Å²) in [4.78, 5) is 17.0. The molecular formula is C24H32N2O2. The molecule has 150 valence electrons. The first-order valence-electron chi connectivity index (χ1n) is 10.4. The summed E-state index contributed by atoms with van der Waals surface area (Å²) < 4.78 is 0. The van der Waals surface area contributed by atoms with Crippen molar-refractivity contribution in [1.82, 2.24) is 4.90 Å². The van der Waals surface area contributed by atoms with E-state index in [1.54, 1.807) is 0 Å². The number of likely N-dealkylation sites (tertiary alicyclic amines) is 1. The third-order valence-electron chi connectivity index (χ3n) is 5.85. The summed E-state index contributed by atoms with van der Waals surface area (Å²) in [5, 5.41) is 10.6. The van der Waals surface area contributed by atoms with E-state index < -0.39 is 6.10 Å². The smallest absolute Gasteiger partial charge is 0.226 e. The molecule has 3 rings (SSSR count). The monoisotopic (exact) mass is 380 g/mol. The number of rotatable bonds is 7. The van der Waals surface area contributed by atoms with E-state index >= 15 is 0 Å². The zero-order valence-corrected chi connectivity index (χ0v) is 17.0. The lowest BCUT2D eigenvalue weighted by molar-refractivity contribution is -0.119. The van der Waals surface area contributed by atoms with Crippen molar-refractivity contribution < 1.29 is 9.90 Å². The highest BCUT2D eigenvalue weighted by atomic mass is 16.3. The van der Waals surface area contributed by atoms with Gasteiger partial charge in [0.2, 0.25) is 5.91 Å². The van der Waals surface area contributed by atoms with E-state index in [4.69, 9.17) is 0 Å². The minimum Gasteiger partial charge on any atom is -0.387 e. The van der Waals surface area contributed by atoms with Crippen LogP contribution in [0.25, 0.3) is 0 Å². The van der Waals surface area contributed by atoms with Crippen LogP contribution in [0.4, 0.5) is 5.69 Å². The van der Waals surface area contributed by atoms with E-state index in [1.807, 2.05) is 72.5 Å². The highest BCUT2D eigenvalue weighted by Gasteiger charge is 2.31. The van der Waals surface area contributed by atoms with E-state index in [2.05, 4.69) is 11.8 Å². The number of aliphatic hydroxyl groups is 1. The Labute approximate surface area is 168 Å². The molecule has 28 heavy (non-hydrogen) atoms. The minimum absolute atomic E-state index is 0.131. The van der Waals surface area contributed by atoms with Crippen LogP contribution in [0.1, 0.15) is 44.8 Å². The van der Waals surface area contributed by atoms with E-state index in [9.17, 15) is 9.90 Å². The molecule has 1 heterocycles. The van der Waals surface area contributed by atoms with Gasteiger partial charge < -0.3 is 14.9 Å². The van der Waals surface area contributed by atoms with Crippen LogP contribution >= 0.6 is 0 Å². The predicted molar refractivity (Wildman–Crippen MR) is 114 cm³/mol. The van der Waals surface area contributed by atoms with E-state index in [1.165, 1.54) is 0 Å². The van der Waals surface area contributed by atoms with Crippen LogP contribution < -0.4 is 4.90 Å². The maximum absolute atomic E-state index is 12.7. The summed E-state index contributed by atoms with van der Waals surface area (Å²) in [5.74, 6) is 0.563. The number of nitrogens with zero attached hydrogens (tertiary/aromatic N) is 2. The Morgan fingerprint density at radius 1 is 1.14 bits per heavy atom. The van der Waals surface area contributed by atoms with Crippen LogP contribution in [-0.4, -0.2) is 41.6 Å². The van der Waals surface area contributed by atoms with Crippen LogP contribution in [0.3, 0.4) is 0 Å². The van der Waals surface area contributed by atoms with Crippen molar-refractivity contribution in [3.63, 3.8) is 0 Å². The number of para-hydroxylation sites is 1. The summed E-state index contributed by atoms with van der Waals surface area (Å²) >= 11 is 0. The molecule has 0 saturated carbocycles. The first kappa shape index (κ1) is 20.6. The molecule has 1 aliphatic heterocycles. The number of anilines is 1. The molecule has 0 aliphatic carbocycles. The lowest BCUT2D eigenvalue weighted by Crippen LogP contribution is -2.49. The summed E-state index contributed by atoms with van der Waals surface area (Å²) in [6.07, 6.45) is 2.24. The Bertz CT molecular complexity index is 735. The van der Waals surface area contributed by atoms with Gasteiger partial charge in [-0.2, -0.15) is 0 Å². The number of carbonyl (C=O) groups is 1. The average Bonchev–Trinajstić information content (AvgIpc) is 2.75. The van der Waals surface area contributed by atoms with Crippen molar-refractivity contribution >= 4 is 11.6 Å². The number of β-amino-alcohol motifs (C(OH)–C–C–N with tert-alkyl or cyclic N) is 1. The largest absolute Gasteiger partial charge is 0.387 e. The van der Waals surface area contributed by atoms with Gasteiger partial charge in [-0.15, -0.1) is 0 Å². The first-order valence-corrected chi connectivity index (χ1v) is 10.4. The molecule has 2 aromatic rings. The number of benzene rings is 2. The van der Waals surface area contributed by atoms with Crippen molar-refractivity contribution in [2.24, 2.45) is 5.92 Å². The molecule has 0 spiro atoms. The number of carbonyl (C=O) groups excluding carboxylic acids is 1. The highest BCUT2D eigenvalue weighted by Crippen LogP contribution is 2.28. The van der Waals surface area contributed by atoms with Gasteiger partial charge in [0, 0.05) is 31.2 Å². The van der Waals surface area contributed by atoms with Gasteiger partial charge in [0.1, 0.15) is 0 Å². The molecule has 1 amide bonds. The molecular weight excluding hydrogens is 348 g/mol. The van der Waals surface area contributed by atoms with Gasteiger partial charge in [-0.1, -0.05) is 55.5 Å². The average molecular weight is 381 g/mol. The van der Waals surface area contributed by atoms with Gasteiger partial charge in [0.25, 0.3) is 0 Å². The van der Waals surface area contributed by atoms with Gasteiger partial charge in [0.15, 0.2) is 0 Å². The maximum Gasteiger partial charge on any atom is 0.226 e. The van der Waals surface area contributed by atoms with Crippen molar-refractivity contribution in [2.45, 2.75) is 45.3 Å². The van der Waals surface area contributed by atoms with Crippen molar-refractivity contribution in [3.8, 4) is 0 Å². The summed E-state index contributed by atoms with van der Waals surface area (Å²) in [5.41, 5.74) is 1.94. The Kier molecular flexibility index (Phi) is 7.24. The van der Waals surface area contributed by atoms with Crippen LogP contribution in [0.2, 0.25) is 0 Å². The van der Waals surface area contributed by atoms with Crippen molar-refractivity contribution in [3.05, 3.63) is 66.2 Å². The fourth-order valence-electron chi connectivity index (χ4n) is 4.25. The molecule has 1 fully saturated rings. The number of amides is 1. The van der Waals surface area contributed by atoms with Crippen LogP contribution in [0.15, 0.2) is 60.7 Å². The molecule has 3 atom stereocenters. The molecule has 4 nitrogen and oxygen atoms in total. The van der Waals surface area contributed by atoms with Gasteiger partial charge >= 0.3 is 0 Å². The van der Waals surface area contributed by atoms with Gasteiger partial charge in [-0.3, -0.25) is 4.79 Å². The fraction of sp³-hybridized carbons (Fsp3) is 0.458. The molecule has 4 heteroatoms. The maximum atomic E-state index is 12.7. The minimum atomic E-state index is -0.474. The second-order valence-corrected chi connectivity index (χ2v) is 7.78. The Morgan fingerprint density at radius 3 is 2.43 bits per heavy atom. The molecule has 2 aromatic carbocycles. The van der Waals surface area contributed by atoms with Gasteiger partial charge in [-0.05, 0) is 49.9 Å². The molecule has 0 aromatic heterocycles. The van der Waals surface area contributed by atoms with Gasteiger partial charge in [-0.25, -0.2) is 0 Å². The fourth-order valence-corrected chi connectivity index (χ4v) is 4.25. The van der Waals surface area contributed by atoms with E-state index in [0.717, 1.165) is 37.2 Å². The normalized spacial score (nSPS) is 19.8. The van der Waals surface area contributed by atoms with Crippen molar-refractivity contribution in [1.29, 1.82) is 0 Å². The second kappa shape index (κ2) is 9.85.